The Balaban J connectivity index is 1.76. The van der Waals surface area contributed by atoms with E-state index in [1.807, 2.05) is 11.0 Å². The molecule has 0 saturated carbocycles. The Labute approximate surface area is 123 Å². The van der Waals surface area contributed by atoms with Gasteiger partial charge in [-0.1, -0.05) is 0 Å². The molecule has 2 fully saturated rings. The Hall–Kier alpha value is -1.89. The van der Waals surface area contributed by atoms with Crippen molar-refractivity contribution in [2.45, 2.75) is 25.3 Å². The van der Waals surface area contributed by atoms with Crippen molar-refractivity contribution in [2.75, 3.05) is 36.0 Å². The molecule has 21 heavy (non-hydrogen) atoms. The van der Waals surface area contributed by atoms with Gasteiger partial charge in [0.25, 0.3) is 0 Å². The molecule has 114 valence electrons. The molecule has 1 aromatic rings. The van der Waals surface area contributed by atoms with Gasteiger partial charge in [-0.25, -0.2) is 9.97 Å². The summed E-state index contributed by atoms with van der Waals surface area (Å²) in [5.41, 5.74) is 0. The van der Waals surface area contributed by atoms with Crippen LogP contribution in [0.15, 0.2) is 12.4 Å². The maximum Gasteiger partial charge on any atom is 0.308 e. The van der Waals surface area contributed by atoms with E-state index in [-0.39, 0.29) is 18.6 Å². The van der Waals surface area contributed by atoms with Gasteiger partial charge in [0.1, 0.15) is 18.0 Å². The summed E-state index contributed by atoms with van der Waals surface area (Å²) in [4.78, 5) is 23.7. The third-order valence-electron chi connectivity index (χ3n) is 4.38. The molecule has 0 bridgehead atoms. The van der Waals surface area contributed by atoms with Crippen molar-refractivity contribution >= 4 is 17.6 Å². The summed E-state index contributed by atoms with van der Waals surface area (Å²) in [7, 11) is 0. The lowest BCUT2D eigenvalue weighted by molar-refractivity contribution is -0.140. The zero-order valence-electron chi connectivity index (χ0n) is 11.9. The van der Waals surface area contributed by atoms with E-state index in [1.54, 1.807) is 0 Å². The largest absolute Gasteiger partial charge is 0.481 e. The SMILES string of the molecule is O=C(O)C1CCN(c2cc(N3CCCC3CO)ncn2)C1. The van der Waals surface area contributed by atoms with E-state index in [1.165, 1.54) is 6.33 Å². The number of nitrogens with zero attached hydrogens (tertiary/aromatic N) is 4. The van der Waals surface area contributed by atoms with Crippen molar-refractivity contribution in [1.82, 2.24) is 9.97 Å². The van der Waals surface area contributed by atoms with Gasteiger partial charge in [0.05, 0.1) is 18.6 Å². The zero-order chi connectivity index (χ0) is 14.8. The second-order valence-electron chi connectivity index (χ2n) is 5.68. The Morgan fingerprint density at radius 3 is 2.81 bits per heavy atom. The van der Waals surface area contributed by atoms with Gasteiger partial charge in [-0.2, -0.15) is 0 Å². The van der Waals surface area contributed by atoms with Crippen LogP contribution < -0.4 is 9.80 Å². The molecule has 2 aliphatic heterocycles. The van der Waals surface area contributed by atoms with Gasteiger partial charge in [0.15, 0.2) is 0 Å². The smallest absolute Gasteiger partial charge is 0.308 e. The molecule has 2 saturated heterocycles. The number of hydrogen-bond acceptors (Lipinski definition) is 6. The fraction of sp³-hybridized carbons (Fsp3) is 0.643. The van der Waals surface area contributed by atoms with Crippen LogP contribution in [0.3, 0.4) is 0 Å². The highest BCUT2D eigenvalue weighted by Crippen LogP contribution is 2.28. The van der Waals surface area contributed by atoms with E-state index in [4.69, 9.17) is 5.11 Å². The first-order valence-corrected chi connectivity index (χ1v) is 7.36. The monoisotopic (exact) mass is 292 g/mol. The quantitative estimate of drug-likeness (QED) is 0.827. The number of anilines is 2. The molecule has 7 heteroatoms. The van der Waals surface area contributed by atoms with Gasteiger partial charge in [-0.3, -0.25) is 4.79 Å². The average molecular weight is 292 g/mol. The second kappa shape index (κ2) is 5.85. The van der Waals surface area contributed by atoms with Crippen LogP contribution in [-0.4, -0.2) is 58.4 Å². The molecule has 3 rings (SSSR count). The van der Waals surface area contributed by atoms with E-state index < -0.39 is 5.97 Å². The van der Waals surface area contributed by atoms with Crippen molar-refractivity contribution in [3.8, 4) is 0 Å². The molecule has 0 radical (unpaired) electrons. The van der Waals surface area contributed by atoms with Crippen molar-refractivity contribution in [3.63, 3.8) is 0 Å². The number of carboxylic acids is 1. The van der Waals surface area contributed by atoms with E-state index in [9.17, 15) is 9.90 Å². The van der Waals surface area contributed by atoms with Gasteiger partial charge < -0.3 is 20.0 Å². The zero-order valence-corrected chi connectivity index (χ0v) is 11.9. The van der Waals surface area contributed by atoms with Crippen molar-refractivity contribution < 1.29 is 15.0 Å². The molecule has 2 atom stereocenters. The Kier molecular flexibility index (Phi) is 3.92. The molecular formula is C14H20N4O3. The average Bonchev–Trinajstić information content (AvgIpc) is 3.16. The number of aliphatic carboxylic acids is 1. The Morgan fingerprint density at radius 1 is 1.29 bits per heavy atom. The van der Waals surface area contributed by atoms with Gasteiger partial charge in [-0.15, -0.1) is 0 Å². The summed E-state index contributed by atoms with van der Waals surface area (Å²) >= 11 is 0. The number of aliphatic hydroxyl groups excluding tert-OH is 1. The topological polar surface area (TPSA) is 89.8 Å². The summed E-state index contributed by atoms with van der Waals surface area (Å²) in [6.45, 7) is 2.22. The summed E-state index contributed by atoms with van der Waals surface area (Å²) in [5, 5.41) is 18.5. The van der Waals surface area contributed by atoms with Crippen LogP contribution in [0.25, 0.3) is 0 Å². The molecule has 0 aromatic carbocycles. The Bertz CT molecular complexity index is 525. The van der Waals surface area contributed by atoms with E-state index in [2.05, 4.69) is 14.9 Å². The highest BCUT2D eigenvalue weighted by molar-refractivity contribution is 5.72. The van der Waals surface area contributed by atoms with Crippen LogP contribution >= 0.6 is 0 Å². The third-order valence-corrected chi connectivity index (χ3v) is 4.38. The Morgan fingerprint density at radius 2 is 2.10 bits per heavy atom. The van der Waals surface area contributed by atoms with Gasteiger partial charge in [-0.05, 0) is 19.3 Å². The van der Waals surface area contributed by atoms with Crippen molar-refractivity contribution in [2.24, 2.45) is 5.92 Å². The first kappa shape index (κ1) is 14.1. The lowest BCUT2D eigenvalue weighted by Gasteiger charge is -2.25. The van der Waals surface area contributed by atoms with Crippen LogP contribution in [0.4, 0.5) is 11.6 Å². The highest BCUT2D eigenvalue weighted by Gasteiger charge is 2.30. The second-order valence-corrected chi connectivity index (χ2v) is 5.68. The molecule has 2 N–H and O–H groups in total. The van der Waals surface area contributed by atoms with Gasteiger partial charge in [0, 0.05) is 25.7 Å². The highest BCUT2D eigenvalue weighted by atomic mass is 16.4. The van der Waals surface area contributed by atoms with Crippen LogP contribution in [0, 0.1) is 5.92 Å². The number of aliphatic hydroxyl groups is 1. The number of rotatable bonds is 4. The predicted molar refractivity (Wildman–Crippen MR) is 77.4 cm³/mol. The van der Waals surface area contributed by atoms with Crippen LogP contribution in [0.2, 0.25) is 0 Å². The van der Waals surface area contributed by atoms with E-state index >= 15 is 0 Å². The first-order chi connectivity index (χ1) is 10.2. The van der Waals surface area contributed by atoms with Crippen LogP contribution in [0.5, 0.6) is 0 Å². The molecule has 7 nitrogen and oxygen atoms in total. The fourth-order valence-corrected chi connectivity index (χ4v) is 3.16. The molecule has 0 spiro atoms. The molecule has 2 aliphatic rings. The minimum atomic E-state index is -0.744. The molecule has 3 heterocycles. The first-order valence-electron chi connectivity index (χ1n) is 7.36. The third kappa shape index (κ3) is 2.78. The number of carbonyl (C=O) groups is 1. The molecule has 0 amide bonds. The summed E-state index contributed by atoms with van der Waals surface area (Å²) < 4.78 is 0. The van der Waals surface area contributed by atoms with Gasteiger partial charge >= 0.3 is 5.97 Å². The number of aromatic nitrogens is 2. The molecule has 0 aliphatic carbocycles. The number of carboxylic acid groups (broad SMARTS) is 1. The summed E-state index contributed by atoms with van der Waals surface area (Å²) in [6, 6.07) is 2.02. The van der Waals surface area contributed by atoms with E-state index in [0.717, 1.165) is 31.0 Å². The standard InChI is InChI=1S/C14H20N4O3/c19-8-11-2-1-4-18(11)13-6-12(15-9-16-13)17-5-3-10(7-17)14(20)21/h6,9-11,19H,1-5,7-8H2,(H,20,21). The normalized spacial score (nSPS) is 25.6. The maximum absolute atomic E-state index is 11.0. The predicted octanol–water partition coefficient (Wildman–Crippen LogP) is 0.349. The van der Waals surface area contributed by atoms with Gasteiger partial charge in [0.2, 0.25) is 0 Å². The number of hydrogen-bond donors (Lipinski definition) is 2. The molecular weight excluding hydrogens is 272 g/mol. The fourth-order valence-electron chi connectivity index (χ4n) is 3.16. The van der Waals surface area contributed by atoms with E-state index in [0.29, 0.717) is 19.5 Å². The summed E-state index contributed by atoms with van der Waals surface area (Å²) in [5.74, 6) is 0.523. The molecule has 2 unspecified atom stereocenters. The summed E-state index contributed by atoms with van der Waals surface area (Å²) in [6.07, 6.45) is 4.19. The minimum Gasteiger partial charge on any atom is -0.481 e. The van der Waals surface area contributed by atoms with Crippen molar-refractivity contribution in [1.29, 1.82) is 0 Å². The molecule has 1 aromatic heterocycles. The lowest BCUT2D eigenvalue weighted by Crippen LogP contribution is -2.33. The van der Waals surface area contributed by atoms with Crippen molar-refractivity contribution in [3.05, 3.63) is 12.4 Å². The lowest BCUT2D eigenvalue weighted by atomic mass is 10.1. The van der Waals surface area contributed by atoms with Crippen LogP contribution in [-0.2, 0) is 4.79 Å². The maximum atomic E-state index is 11.0. The minimum absolute atomic E-state index is 0.123. The van der Waals surface area contributed by atoms with Crippen LogP contribution in [0.1, 0.15) is 19.3 Å².